The van der Waals surface area contributed by atoms with Crippen LogP contribution in [0.25, 0.3) is 11.3 Å². The van der Waals surface area contributed by atoms with Gasteiger partial charge in [-0.05, 0) is 30.2 Å². The van der Waals surface area contributed by atoms with E-state index in [-0.39, 0.29) is 23.5 Å². The SMILES string of the molecule is COc1ccc(C=NNc2nc(-c3ccccc3)c(C#N)c(=O)[nH]2)cc1OCCC1OCCCO1. The summed E-state index contributed by atoms with van der Waals surface area (Å²) in [5.41, 5.74) is 3.77. The fraction of sp³-hybridized carbons (Fsp3) is 0.280. The number of hydrogen-bond donors (Lipinski definition) is 2. The molecule has 35 heavy (non-hydrogen) atoms. The van der Waals surface area contributed by atoms with Crippen LogP contribution in [0.4, 0.5) is 5.95 Å². The first-order chi connectivity index (χ1) is 17.2. The molecule has 2 aromatic carbocycles. The van der Waals surface area contributed by atoms with Crippen LogP contribution in [0.3, 0.4) is 0 Å². The van der Waals surface area contributed by atoms with Crippen LogP contribution in [-0.4, -0.2) is 49.4 Å². The molecule has 2 N–H and O–H groups in total. The number of aromatic nitrogens is 2. The number of aromatic amines is 1. The molecule has 0 saturated carbocycles. The molecule has 2 heterocycles. The highest BCUT2D eigenvalue weighted by Gasteiger charge is 2.15. The molecular weight excluding hydrogens is 450 g/mol. The molecule has 0 amide bonds. The Labute approximate surface area is 202 Å². The van der Waals surface area contributed by atoms with Crippen molar-refractivity contribution in [2.75, 3.05) is 32.4 Å². The van der Waals surface area contributed by atoms with E-state index in [4.69, 9.17) is 18.9 Å². The molecule has 0 radical (unpaired) electrons. The Hall–Kier alpha value is -4.20. The van der Waals surface area contributed by atoms with Gasteiger partial charge < -0.3 is 18.9 Å². The van der Waals surface area contributed by atoms with Gasteiger partial charge in [0.05, 0.1) is 38.8 Å². The number of nitrogens with one attached hydrogen (secondary N) is 2. The Kier molecular flexibility index (Phi) is 8.06. The van der Waals surface area contributed by atoms with Gasteiger partial charge in [0, 0.05) is 12.0 Å². The first kappa shape index (κ1) is 23.9. The number of H-pyrrole nitrogens is 1. The van der Waals surface area contributed by atoms with E-state index in [1.54, 1.807) is 37.6 Å². The molecule has 3 aromatic rings. The zero-order valence-electron chi connectivity index (χ0n) is 19.2. The van der Waals surface area contributed by atoms with Crippen LogP contribution in [0, 0.1) is 11.3 Å². The summed E-state index contributed by atoms with van der Waals surface area (Å²) in [5, 5.41) is 13.6. The van der Waals surface area contributed by atoms with Crippen molar-refractivity contribution in [1.82, 2.24) is 9.97 Å². The Morgan fingerprint density at radius 2 is 2.03 bits per heavy atom. The second-order valence-corrected chi connectivity index (χ2v) is 7.56. The molecule has 1 aliphatic heterocycles. The largest absolute Gasteiger partial charge is 0.493 e. The van der Waals surface area contributed by atoms with E-state index in [9.17, 15) is 10.1 Å². The molecule has 4 rings (SSSR count). The first-order valence-corrected chi connectivity index (χ1v) is 11.1. The number of methoxy groups -OCH3 is 1. The van der Waals surface area contributed by atoms with E-state index in [0.717, 1.165) is 12.0 Å². The number of hydrazone groups is 1. The Bertz CT molecular complexity index is 1260. The fourth-order valence-corrected chi connectivity index (χ4v) is 3.46. The van der Waals surface area contributed by atoms with E-state index in [1.807, 2.05) is 30.3 Å². The van der Waals surface area contributed by atoms with Crippen LogP contribution >= 0.6 is 0 Å². The summed E-state index contributed by atoms with van der Waals surface area (Å²) in [6, 6.07) is 16.3. The number of hydrogen-bond acceptors (Lipinski definition) is 9. The van der Waals surface area contributed by atoms with Crippen LogP contribution in [0.5, 0.6) is 11.5 Å². The topological polar surface area (TPSA) is 131 Å². The molecule has 0 unspecified atom stereocenters. The molecule has 10 heteroatoms. The lowest BCUT2D eigenvalue weighted by molar-refractivity contribution is -0.183. The van der Waals surface area contributed by atoms with Crippen molar-refractivity contribution in [3.8, 4) is 28.8 Å². The summed E-state index contributed by atoms with van der Waals surface area (Å²) in [6.45, 7) is 1.79. The second-order valence-electron chi connectivity index (χ2n) is 7.56. The molecule has 0 aliphatic carbocycles. The highest BCUT2D eigenvalue weighted by Crippen LogP contribution is 2.28. The molecule has 0 bridgehead atoms. The first-order valence-electron chi connectivity index (χ1n) is 11.1. The van der Waals surface area contributed by atoms with E-state index >= 15 is 0 Å². The molecule has 1 aliphatic rings. The van der Waals surface area contributed by atoms with E-state index < -0.39 is 5.56 Å². The Balaban J connectivity index is 1.45. The quantitative estimate of drug-likeness (QED) is 0.356. The minimum Gasteiger partial charge on any atom is -0.493 e. The summed E-state index contributed by atoms with van der Waals surface area (Å²) >= 11 is 0. The van der Waals surface area contributed by atoms with Crippen molar-refractivity contribution in [2.45, 2.75) is 19.1 Å². The summed E-state index contributed by atoms with van der Waals surface area (Å²) in [7, 11) is 1.57. The van der Waals surface area contributed by atoms with Crippen LogP contribution in [-0.2, 0) is 9.47 Å². The molecular formula is C25H25N5O5. The molecule has 1 saturated heterocycles. The molecule has 10 nitrogen and oxygen atoms in total. The Morgan fingerprint density at radius 3 is 2.77 bits per heavy atom. The van der Waals surface area contributed by atoms with Gasteiger partial charge in [0.25, 0.3) is 5.56 Å². The summed E-state index contributed by atoms with van der Waals surface area (Å²) in [4.78, 5) is 19.3. The monoisotopic (exact) mass is 475 g/mol. The maximum Gasteiger partial charge on any atom is 0.270 e. The maximum absolute atomic E-state index is 12.4. The highest BCUT2D eigenvalue weighted by atomic mass is 16.7. The van der Waals surface area contributed by atoms with Gasteiger partial charge >= 0.3 is 0 Å². The van der Waals surface area contributed by atoms with Crippen LogP contribution in [0.1, 0.15) is 24.0 Å². The number of anilines is 1. The number of ether oxygens (including phenoxy) is 4. The third-order valence-corrected chi connectivity index (χ3v) is 5.16. The van der Waals surface area contributed by atoms with E-state index in [2.05, 4.69) is 20.5 Å². The summed E-state index contributed by atoms with van der Waals surface area (Å²) in [6.07, 6.45) is 2.80. The fourth-order valence-electron chi connectivity index (χ4n) is 3.46. The maximum atomic E-state index is 12.4. The van der Waals surface area contributed by atoms with Gasteiger partial charge in [-0.3, -0.25) is 9.78 Å². The minimum absolute atomic E-state index is 0.0632. The van der Waals surface area contributed by atoms with Gasteiger partial charge in [0.2, 0.25) is 5.95 Å². The summed E-state index contributed by atoms with van der Waals surface area (Å²) in [5.74, 6) is 1.26. The van der Waals surface area contributed by atoms with Gasteiger partial charge in [-0.25, -0.2) is 10.4 Å². The van der Waals surface area contributed by atoms with Gasteiger partial charge in [0.15, 0.2) is 17.8 Å². The second kappa shape index (κ2) is 11.8. The zero-order chi connectivity index (χ0) is 24.5. The lowest BCUT2D eigenvalue weighted by Crippen LogP contribution is -2.26. The number of rotatable bonds is 9. The average molecular weight is 476 g/mol. The Morgan fingerprint density at radius 1 is 1.23 bits per heavy atom. The van der Waals surface area contributed by atoms with E-state index in [0.29, 0.717) is 43.3 Å². The lowest BCUT2D eigenvalue weighted by Gasteiger charge is -2.23. The van der Waals surface area contributed by atoms with Gasteiger partial charge in [-0.2, -0.15) is 10.4 Å². The minimum atomic E-state index is -0.551. The van der Waals surface area contributed by atoms with Crippen LogP contribution in [0.2, 0.25) is 0 Å². The molecule has 180 valence electrons. The molecule has 0 atom stereocenters. The lowest BCUT2D eigenvalue weighted by atomic mass is 10.1. The predicted molar refractivity (Wildman–Crippen MR) is 130 cm³/mol. The van der Waals surface area contributed by atoms with Gasteiger partial charge in [-0.15, -0.1) is 0 Å². The average Bonchev–Trinajstić information content (AvgIpc) is 2.90. The van der Waals surface area contributed by atoms with Crippen molar-refractivity contribution in [3.05, 3.63) is 70.0 Å². The number of benzene rings is 2. The van der Waals surface area contributed by atoms with Crippen molar-refractivity contribution in [1.29, 1.82) is 5.26 Å². The molecule has 0 spiro atoms. The van der Waals surface area contributed by atoms with Crippen molar-refractivity contribution >= 4 is 12.2 Å². The summed E-state index contributed by atoms with van der Waals surface area (Å²) < 4.78 is 22.3. The number of nitrogens with zero attached hydrogens (tertiary/aromatic N) is 3. The van der Waals surface area contributed by atoms with E-state index in [1.165, 1.54) is 0 Å². The standard InChI is InChI=1S/C25H25N5O5/c1-32-20-9-8-17(14-21(20)33-13-10-22-34-11-5-12-35-22)16-27-30-25-28-23(18-6-3-2-4-7-18)19(15-26)24(31)29-25/h2-4,6-9,14,16,22H,5,10-13H2,1H3,(H2,28,29,30,31). The van der Waals surface area contributed by atoms with Crippen LogP contribution < -0.4 is 20.5 Å². The third kappa shape index (κ3) is 6.23. The van der Waals surface area contributed by atoms with Crippen molar-refractivity contribution in [3.63, 3.8) is 0 Å². The zero-order valence-corrected chi connectivity index (χ0v) is 19.2. The van der Waals surface area contributed by atoms with Gasteiger partial charge in [0.1, 0.15) is 11.6 Å². The number of nitriles is 1. The van der Waals surface area contributed by atoms with Gasteiger partial charge in [-0.1, -0.05) is 30.3 Å². The third-order valence-electron chi connectivity index (χ3n) is 5.16. The molecule has 1 fully saturated rings. The van der Waals surface area contributed by atoms with Crippen molar-refractivity contribution < 1.29 is 18.9 Å². The molecule has 1 aromatic heterocycles. The smallest absolute Gasteiger partial charge is 0.270 e. The van der Waals surface area contributed by atoms with Crippen molar-refractivity contribution in [2.24, 2.45) is 5.10 Å². The van der Waals surface area contributed by atoms with Crippen LogP contribution in [0.15, 0.2) is 58.4 Å². The predicted octanol–water partition coefficient (Wildman–Crippen LogP) is 3.30. The normalized spacial score (nSPS) is 13.9. The highest BCUT2D eigenvalue weighted by molar-refractivity contribution is 5.81.